The van der Waals surface area contributed by atoms with E-state index in [9.17, 15) is 20.1 Å². The summed E-state index contributed by atoms with van der Waals surface area (Å²) >= 11 is 0. The number of nitrogens with zero attached hydrogens (tertiary/aromatic N) is 8. The molecule has 6 aliphatic rings. The summed E-state index contributed by atoms with van der Waals surface area (Å²) in [5.41, 5.74) is 13.3. The third-order valence-electron chi connectivity index (χ3n) is 18.7. The van der Waals surface area contributed by atoms with Gasteiger partial charge in [0.25, 0.3) is 11.4 Å². The molecule has 0 atom stereocenters. The number of anilines is 4. The van der Waals surface area contributed by atoms with Crippen molar-refractivity contribution in [3.63, 3.8) is 0 Å². The second-order valence-electron chi connectivity index (χ2n) is 27.4. The van der Waals surface area contributed by atoms with Crippen LogP contribution in [-0.2, 0) is 31.1 Å². The molecule has 14 heteroatoms. The van der Waals surface area contributed by atoms with Gasteiger partial charge in [-0.25, -0.2) is 29.8 Å². The summed E-state index contributed by atoms with van der Waals surface area (Å²) in [6.07, 6.45) is 24.9. The van der Waals surface area contributed by atoms with Gasteiger partial charge in [0.05, 0.1) is 36.4 Å². The Hall–Kier alpha value is -10.5. The maximum absolute atomic E-state index is 13.4. The van der Waals surface area contributed by atoms with Crippen molar-refractivity contribution in [3.8, 4) is 12.1 Å². The Bertz CT molecular complexity index is 4340. The summed E-state index contributed by atoms with van der Waals surface area (Å²) in [6.45, 7) is 37.1. The fourth-order valence-electron chi connectivity index (χ4n) is 13.0. The SMILES string of the molecule is [C-]#[N+]/C(C#N)=C1C=C(/C=C/c2ccc(N(C)C)cc2)OC(/C=C/c2cc3cc4c5c(c3oc2=O)C(C)(C)CCN5CCC4(C)C)=C\1.[C-]#[N+]/C(C#N)=C1C=C(/C=C/c2ccc(N(C)C)cc2)OC(/C=C/c2cc3cc4c5c(c3oc2=O)C(C)(C)CCN5CCC4(C)C)=C\1. The van der Waals surface area contributed by atoms with Gasteiger partial charge in [0.2, 0.25) is 0 Å². The lowest BCUT2D eigenvalue weighted by Gasteiger charge is -2.48. The lowest BCUT2D eigenvalue weighted by molar-refractivity contribution is 0.332. The summed E-state index contributed by atoms with van der Waals surface area (Å²) in [6, 6.07) is 28.3. The fourth-order valence-corrected chi connectivity index (χ4v) is 13.0. The normalized spacial score (nSPS) is 19.2. The van der Waals surface area contributed by atoms with Crippen LogP contribution in [-0.4, -0.2) is 54.4 Å². The first-order chi connectivity index (χ1) is 43.8. The molecule has 0 radical (unpaired) electrons. The van der Waals surface area contributed by atoms with Crippen molar-refractivity contribution in [2.45, 2.75) is 103 Å². The Balaban J connectivity index is 0.000000188. The van der Waals surface area contributed by atoms with Crippen LogP contribution in [0.1, 0.15) is 126 Å². The van der Waals surface area contributed by atoms with Crippen LogP contribution in [0.2, 0.25) is 0 Å². The molecule has 0 unspecified atom stereocenters. The third-order valence-corrected chi connectivity index (χ3v) is 18.7. The summed E-state index contributed by atoms with van der Waals surface area (Å²) in [5, 5.41) is 21.0. The molecule has 12 rings (SSSR count). The quantitative estimate of drug-likeness (QED) is 0.0730. The van der Waals surface area contributed by atoms with E-state index in [1.54, 1.807) is 60.8 Å². The van der Waals surface area contributed by atoms with E-state index in [2.05, 4.69) is 87.0 Å². The number of rotatable bonds is 10. The molecule has 92 heavy (non-hydrogen) atoms. The molecule has 0 amide bonds. The van der Waals surface area contributed by atoms with Crippen LogP contribution in [0.15, 0.2) is 185 Å². The number of hydrogen-bond acceptors (Lipinski definition) is 12. The molecule has 8 heterocycles. The summed E-state index contributed by atoms with van der Waals surface area (Å²) in [5.74, 6) is 1.73. The summed E-state index contributed by atoms with van der Waals surface area (Å²) in [4.78, 5) is 42.6. The van der Waals surface area contributed by atoms with E-state index in [0.29, 0.717) is 56.5 Å². The van der Waals surface area contributed by atoms with E-state index in [-0.39, 0.29) is 33.1 Å². The first kappa shape index (κ1) is 63.0. The van der Waals surface area contributed by atoms with E-state index in [1.807, 2.05) is 123 Å². The Morgan fingerprint density at radius 3 is 1.13 bits per heavy atom. The van der Waals surface area contributed by atoms with Crippen molar-refractivity contribution in [2.24, 2.45) is 0 Å². The highest BCUT2D eigenvalue weighted by molar-refractivity contribution is 5.93. The first-order valence-electron chi connectivity index (χ1n) is 31.1. The van der Waals surface area contributed by atoms with Crippen LogP contribution >= 0.6 is 0 Å². The van der Waals surface area contributed by atoms with Crippen molar-refractivity contribution in [1.82, 2.24) is 0 Å². The molecule has 4 aromatic carbocycles. The molecular formula is C78H76N8O6. The van der Waals surface area contributed by atoms with Crippen LogP contribution in [0.3, 0.4) is 0 Å². The van der Waals surface area contributed by atoms with Gasteiger partial charge < -0.3 is 37.9 Å². The molecular weight excluding hydrogens is 1140 g/mol. The van der Waals surface area contributed by atoms with Gasteiger partial charge in [-0.15, -0.1) is 0 Å². The minimum Gasteiger partial charge on any atom is -0.457 e. The smallest absolute Gasteiger partial charge is 0.343 e. The summed E-state index contributed by atoms with van der Waals surface area (Å²) in [7, 11) is 7.96. The topological polar surface area (TPSA) is 148 Å². The molecule has 0 spiro atoms. The van der Waals surface area contributed by atoms with Gasteiger partial charge in [-0.1, -0.05) is 91.8 Å². The van der Waals surface area contributed by atoms with Gasteiger partial charge in [0.15, 0.2) is 0 Å². The Labute approximate surface area is 539 Å². The van der Waals surface area contributed by atoms with Crippen LogP contribution < -0.4 is 30.9 Å². The molecule has 0 saturated carbocycles. The molecule has 464 valence electrons. The third kappa shape index (κ3) is 12.5. The number of hydrogen-bond donors (Lipinski definition) is 0. The molecule has 0 aliphatic carbocycles. The zero-order valence-electron chi connectivity index (χ0n) is 54.5. The Kier molecular flexibility index (Phi) is 16.9. The number of ether oxygens (including phenoxy) is 2. The van der Waals surface area contributed by atoms with Crippen LogP contribution in [0.25, 0.3) is 55.9 Å². The average molecular weight is 1220 g/mol. The van der Waals surface area contributed by atoms with Gasteiger partial charge in [-0.2, -0.15) is 0 Å². The van der Waals surface area contributed by atoms with E-state index >= 15 is 0 Å². The molecule has 6 aliphatic heterocycles. The highest BCUT2D eigenvalue weighted by Gasteiger charge is 2.44. The molecule has 2 aromatic heterocycles. The Morgan fingerprint density at radius 2 is 0.815 bits per heavy atom. The highest BCUT2D eigenvalue weighted by atomic mass is 16.5. The molecule has 0 bridgehead atoms. The molecule has 0 saturated heterocycles. The predicted octanol–water partition coefficient (Wildman–Crippen LogP) is 16.5. The lowest BCUT2D eigenvalue weighted by atomic mass is 9.69. The van der Waals surface area contributed by atoms with Crippen molar-refractivity contribution < 1.29 is 18.3 Å². The maximum Gasteiger partial charge on any atom is 0.343 e. The zero-order chi connectivity index (χ0) is 65.6. The van der Waals surface area contributed by atoms with Crippen molar-refractivity contribution in [1.29, 1.82) is 10.5 Å². The predicted molar refractivity (Wildman–Crippen MR) is 371 cm³/mol. The van der Waals surface area contributed by atoms with E-state index in [4.69, 9.17) is 31.5 Å². The van der Waals surface area contributed by atoms with Gasteiger partial charge >= 0.3 is 11.3 Å². The van der Waals surface area contributed by atoms with Crippen molar-refractivity contribution in [3.05, 3.63) is 255 Å². The largest absolute Gasteiger partial charge is 0.457 e. The van der Waals surface area contributed by atoms with Crippen LogP contribution in [0.5, 0.6) is 0 Å². The van der Waals surface area contributed by atoms with Crippen LogP contribution in [0.4, 0.5) is 22.7 Å². The average Bonchev–Trinajstić information content (AvgIpc) is 0.722. The maximum atomic E-state index is 13.4. The van der Waals surface area contributed by atoms with Crippen LogP contribution in [0, 0.1) is 35.8 Å². The number of fused-ring (bicyclic) bond motifs is 4. The number of nitriles is 2. The zero-order valence-corrected chi connectivity index (χ0v) is 54.5. The van der Waals surface area contributed by atoms with Gasteiger partial charge in [-0.05, 0) is 190 Å². The first-order valence-corrected chi connectivity index (χ1v) is 31.1. The van der Waals surface area contributed by atoms with Crippen molar-refractivity contribution >= 4 is 69.0 Å². The minimum absolute atomic E-state index is 0.00378. The van der Waals surface area contributed by atoms with E-state index in [0.717, 1.165) is 96.3 Å². The molecule has 0 fully saturated rings. The minimum atomic E-state index is -0.425. The summed E-state index contributed by atoms with van der Waals surface area (Å²) < 4.78 is 24.5. The lowest BCUT2D eigenvalue weighted by Crippen LogP contribution is -2.44. The van der Waals surface area contributed by atoms with Gasteiger partial charge in [-0.3, -0.25) is 0 Å². The molecule has 6 aromatic rings. The van der Waals surface area contributed by atoms with Crippen molar-refractivity contribution in [2.75, 3.05) is 74.0 Å². The monoisotopic (exact) mass is 1220 g/mol. The second kappa shape index (κ2) is 24.7. The highest BCUT2D eigenvalue weighted by Crippen LogP contribution is 2.53. The fraction of sp³-hybridized carbons (Fsp3) is 0.308. The standard InChI is InChI=1S/2C39H38N4O3/c2*1-38(2)16-18-43-19-17-39(3,4)34-35(43)32(38)23-28-20-26(37(44)46-36(28)34)11-15-31-22-27(33(24-40)41-5)21-30(45-31)14-10-25-8-12-29(13-9-25)42(6)7/h2*8-15,20-23H,16-19H2,1-4,6-7H3/b2*14-10+,15-11+,33-27+. The van der Waals surface area contributed by atoms with E-state index < -0.39 is 11.3 Å². The number of benzene rings is 4. The second-order valence-corrected chi connectivity index (χ2v) is 27.4. The van der Waals surface area contributed by atoms with E-state index in [1.165, 1.54) is 22.5 Å². The van der Waals surface area contributed by atoms with Gasteiger partial charge in [0.1, 0.15) is 34.2 Å². The molecule has 0 N–H and O–H groups in total. The number of allylic oxidation sites excluding steroid dienone is 12. The van der Waals surface area contributed by atoms with Gasteiger partial charge in [0, 0.05) is 99.0 Å². The molecule has 14 nitrogen and oxygen atoms in total. The Morgan fingerprint density at radius 1 is 0.489 bits per heavy atom.